The Balaban J connectivity index is 2.11. The molecule has 1 aliphatic rings. The first-order valence-electron chi connectivity index (χ1n) is 7.18. The molecule has 0 amide bonds. The molecule has 0 spiro atoms. The molecule has 1 aliphatic carbocycles. The highest BCUT2D eigenvalue weighted by molar-refractivity contribution is 4.71. The monoisotopic (exact) mass is 226 g/mol. The smallest absolute Gasteiger partial charge is 0.0210 e. The van der Waals surface area contributed by atoms with Crippen LogP contribution in [0, 0.1) is 11.8 Å². The largest absolute Gasteiger partial charge is 0.271 e. The zero-order valence-corrected chi connectivity index (χ0v) is 11.2. The van der Waals surface area contributed by atoms with Crippen LogP contribution in [0.15, 0.2) is 0 Å². The van der Waals surface area contributed by atoms with Gasteiger partial charge in [0.05, 0.1) is 0 Å². The molecule has 1 atom stereocenters. The second-order valence-electron chi connectivity index (χ2n) is 5.92. The Bertz CT molecular complexity index is 162. The van der Waals surface area contributed by atoms with Crippen LogP contribution in [0.25, 0.3) is 0 Å². The Hall–Kier alpha value is -0.0800. The minimum Gasteiger partial charge on any atom is -0.271 e. The van der Waals surface area contributed by atoms with Crippen molar-refractivity contribution < 1.29 is 0 Å². The molecule has 0 heterocycles. The molecule has 96 valence electrons. The molecular weight excluding hydrogens is 196 g/mol. The van der Waals surface area contributed by atoms with Gasteiger partial charge in [-0.1, -0.05) is 46.0 Å². The molecule has 0 radical (unpaired) electrons. The van der Waals surface area contributed by atoms with Crippen molar-refractivity contribution in [3.05, 3.63) is 0 Å². The highest BCUT2D eigenvalue weighted by Gasteiger charge is 2.15. The molecule has 1 unspecified atom stereocenters. The van der Waals surface area contributed by atoms with Gasteiger partial charge in [-0.15, -0.1) is 0 Å². The maximum atomic E-state index is 5.62. The van der Waals surface area contributed by atoms with E-state index < -0.39 is 0 Å². The number of rotatable bonds is 7. The molecule has 0 aromatic heterocycles. The summed E-state index contributed by atoms with van der Waals surface area (Å²) in [6.07, 6.45) is 12.5. The third kappa shape index (κ3) is 5.86. The zero-order valence-electron chi connectivity index (χ0n) is 11.2. The predicted octanol–water partition coefficient (Wildman–Crippen LogP) is 3.62. The van der Waals surface area contributed by atoms with Crippen LogP contribution in [0.1, 0.15) is 71.6 Å². The lowest BCUT2D eigenvalue weighted by Gasteiger charge is -2.24. The molecule has 1 fully saturated rings. The van der Waals surface area contributed by atoms with Crippen LogP contribution >= 0.6 is 0 Å². The van der Waals surface area contributed by atoms with E-state index in [2.05, 4.69) is 19.3 Å². The van der Waals surface area contributed by atoms with Crippen molar-refractivity contribution >= 4 is 0 Å². The SMILES string of the molecule is CC(C)CCC(CCC1CCCCC1)NN. The van der Waals surface area contributed by atoms with Gasteiger partial charge in [0.25, 0.3) is 0 Å². The molecule has 2 heteroatoms. The van der Waals surface area contributed by atoms with Gasteiger partial charge in [-0.25, -0.2) is 0 Å². The Kier molecular flexibility index (Phi) is 7.06. The molecule has 2 nitrogen and oxygen atoms in total. The number of nitrogens with two attached hydrogens (primary N) is 1. The minimum atomic E-state index is 0.546. The van der Waals surface area contributed by atoms with Gasteiger partial charge < -0.3 is 0 Å². The van der Waals surface area contributed by atoms with E-state index in [4.69, 9.17) is 5.84 Å². The van der Waals surface area contributed by atoms with E-state index in [1.165, 1.54) is 57.8 Å². The van der Waals surface area contributed by atoms with Crippen molar-refractivity contribution in [3.8, 4) is 0 Å². The fraction of sp³-hybridized carbons (Fsp3) is 1.00. The van der Waals surface area contributed by atoms with Crippen molar-refractivity contribution in [1.82, 2.24) is 5.43 Å². The molecule has 0 aromatic rings. The summed E-state index contributed by atoms with van der Waals surface area (Å²) in [5.41, 5.74) is 3.00. The summed E-state index contributed by atoms with van der Waals surface area (Å²) in [7, 11) is 0. The summed E-state index contributed by atoms with van der Waals surface area (Å²) >= 11 is 0. The van der Waals surface area contributed by atoms with E-state index in [1.54, 1.807) is 0 Å². The van der Waals surface area contributed by atoms with Crippen molar-refractivity contribution in [3.63, 3.8) is 0 Å². The summed E-state index contributed by atoms with van der Waals surface area (Å²) in [4.78, 5) is 0. The van der Waals surface area contributed by atoms with E-state index in [9.17, 15) is 0 Å². The number of hydrogen-bond acceptors (Lipinski definition) is 2. The lowest BCUT2D eigenvalue weighted by atomic mass is 9.84. The van der Waals surface area contributed by atoms with Gasteiger partial charge in [0, 0.05) is 6.04 Å². The molecule has 1 rings (SSSR count). The molecular formula is C14H30N2. The van der Waals surface area contributed by atoms with Gasteiger partial charge in [0.1, 0.15) is 0 Å². The third-order valence-electron chi connectivity index (χ3n) is 3.98. The van der Waals surface area contributed by atoms with Gasteiger partial charge in [-0.05, 0) is 37.5 Å². The van der Waals surface area contributed by atoms with Crippen molar-refractivity contribution in [2.45, 2.75) is 77.7 Å². The number of hydrogen-bond donors (Lipinski definition) is 2. The highest BCUT2D eigenvalue weighted by Crippen LogP contribution is 2.28. The van der Waals surface area contributed by atoms with Crippen LogP contribution in [0.4, 0.5) is 0 Å². The fourth-order valence-electron chi connectivity index (χ4n) is 2.76. The second kappa shape index (κ2) is 8.08. The molecule has 0 saturated heterocycles. The van der Waals surface area contributed by atoms with Crippen LogP contribution in [0.3, 0.4) is 0 Å². The molecule has 3 N–H and O–H groups in total. The van der Waals surface area contributed by atoms with Gasteiger partial charge in [0.2, 0.25) is 0 Å². The van der Waals surface area contributed by atoms with Crippen molar-refractivity contribution in [1.29, 1.82) is 0 Å². The summed E-state index contributed by atoms with van der Waals surface area (Å²) in [5, 5.41) is 0. The quantitative estimate of drug-likeness (QED) is 0.514. The van der Waals surface area contributed by atoms with Crippen LogP contribution in [-0.2, 0) is 0 Å². The Morgan fingerprint density at radius 2 is 1.75 bits per heavy atom. The fourth-order valence-corrected chi connectivity index (χ4v) is 2.76. The topological polar surface area (TPSA) is 38.0 Å². The lowest BCUT2D eigenvalue weighted by molar-refractivity contribution is 0.304. The van der Waals surface area contributed by atoms with E-state index in [0.29, 0.717) is 6.04 Å². The zero-order chi connectivity index (χ0) is 11.8. The highest BCUT2D eigenvalue weighted by atomic mass is 15.2. The summed E-state index contributed by atoms with van der Waals surface area (Å²) in [6, 6.07) is 0.546. The van der Waals surface area contributed by atoms with Crippen LogP contribution < -0.4 is 11.3 Å². The maximum absolute atomic E-state index is 5.62. The van der Waals surface area contributed by atoms with E-state index in [0.717, 1.165) is 11.8 Å². The average molecular weight is 226 g/mol. The molecule has 0 aromatic carbocycles. The minimum absolute atomic E-state index is 0.546. The number of nitrogens with one attached hydrogen (secondary N) is 1. The first kappa shape index (κ1) is 14.0. The molecule has 0 aliphatic heterocycles. The summed E-state index contributed by atoms with van der Waals surface area (Å²) in [5.74, 6) is 7.41. The van der Waals surface area contributed by atoms with Gasteiger partial charge in [-0.3, -0.25) is 11.3 Å². The first-order valence-corrected chi connectivity index (χ1v) is 7.18. The summed E-state index contributed by atoms with van der Waals surface area (Å²) < 4.78 is 0. The molecule has 16 heavy (non-hydrogen) atoms. The van der Waals surface area contributed by atoms with Gasteiger partial charge >= 0.3 is 0 Å². The summed E-state index contributed by atoms with van der Waals surface area (Å²) in [6.45, 7) is 4.57. The standard InChI is InChI=1S/C14H30N2/c1-12(2)8-10-14(16-15)11-9-13-6-4-3-5-7-13/h12-14,16H,3-11,15H2,1-2H3. The van der Waals surface area contributed by atoms with Crippen LogP contribution in [0.5, 0.6) is 0 Å². The molecule has 0 bridgehead atoms. The van der Waals surface area contributed by atoms with E-state index in [-0.39, 0.29) is 0 Å². The average Bonchev–Trinajstić information content (AvgIpc) is 2.30. The lowest BCUT2D eigenvalue weighted by Crippen LogP contribution is -2.35. The van der Waals surface area contributed by atoms with Gasteiger partial charge in [0.15, 0.2) is 0 Å². The first-order chi connectivity index (χ1) is 7.72. The van der Waals surface area contributed by atoms with Crippen molar-refractivity contribution in [2.24, 2.45) is 17.7 Å². The van der Waals surface area contributed by atoms with Crippen LogP contribution in [-0.4, -0.2) is 6.04 Å². The van der Waals surface area contributed by atoms with Gasteiger partial charge in [-0.2, -0.15) is 0 Å². The maximum Gasteiger partial charge on any atom is 0.0210 e. The van der Waals surface area contributed by atoms with Crippen LogP contribution in [0.2, 0.25) is 0 Å². The normalized spacial score (nSPS) is 20.2. The third-order valence-corrected chi connectivity index (χ3v) is 3.98. The Labute approximate surface area is 101 Å². The van der Waals surface area contributed by atoms with Crippen molar-refractivity contribution in [2.75, 3.05) is 0 Å². The Morgan fingerprint density at radius 1 is 1.06 bits per heavy atom. The number of hydrazine groups is 1. The van der Waals surface area contributed by atoms with E-state index >= 15 is 0 Å². The van der Waals surface area contributed by atoms with E-state index in [1.807, 2.05) is 0 Å². The second-order valence-corrected chi connectivity index (χ2v) is 5.92. The molecule has 1 saturated carbocycles. The Morgan fingerprint density at radius 3 is 2.31 bits per heavy atom. The predicted molar refractivity (Wildman–Crippen MR) is 71.0 cm³/mol.